The maximum atomic E-state index is 13.4. The average molecular weight is 675 g/mol. The zero-order valence-corrected chi connectivity index (χ0v) is 26.3. The van der Waals surface area contributed by atoms with Gasteiger partial charge >= 0.3 is 0 Å². The SMILES string of the molecule is Cc1cc(S(=O)(=O)O)ccc1N=Nc1ccc(NN=C2C(=O)c3ccc(NC(=O)c4cccc(N)c4)cc3C=C2S(=O)(=O)O)c(C)c1. The summed E-state index contributed by atoms with van der Waals surface area (Å²) in [6.07, 6.45) is 1.09. The molecule has 4 aromatic rings. The molecule has 0 bridgehead atoms. The van der Waals surface area contributed by atoms with Crippen molar-refractivity contribution in [2.24, 2.45) is 15.3 Å². The average Bonchev–Trinajstić information content (AvgIpc) is 2.99. The van der Waals surface area contributed by atoms with Gasteiger partial charge in [-0.15, -0.1) is 0 Å². The van der Waals surface area contributed by atoms with E-state index in [1.54, 1.807) is 50.2 Å². The lowest BCUT2D eigenvalue weighted by Gasteiger charge is -2.17. The fraction of sp³-hybridized carbons (Fsp3) is 0.0645. The molecule has 1 aliphatic carbocycles. The number of carbonyl (C=O) groups excluding carboxylic acids is 2. The number of nitrogen functional groups attached to an aromatic ring is 1. The predicted octanol–water partition coefficient (Wildman–Crippen LogP) is 5.69. The summed E-state index contributed by atoms with van der Waals surface area (Å²) in [5, 5.41) is 15.0. The number of benzene rings is 4. The number of carbonyl (C=O) groups is 2. The second kappa shape index (κ2) is 12.7. The Bertz CT molecular complexity index is 2280. The number of nitrogens with zero attached hydrogens (tertiary/aromatic N) is 3. The molecule has 1 amide bonds. The molecule has 47 heavy (non-hydrogen) atoms. The number of allylic oxidation sites excluding steroid dienone is 1. The van der Waals surface area contributed by atoms with Gasteiger partial charge in [-0.3, -0.25) is 24.1 Å². The molecule has 0 unspecified atom stereocenters. The van der Waals surface area contributed by atoms with Gasteiger partial charge in [0.25, 0.3) is 26.1 Å². The lowest BCUT2D eigenvalue weighted by atomic mass is 9.94. The van der Waals surface area contributed by atoms with Gasteiger partial charge in [-0.2, -0.15) is 32.2 Å². The third kappa shape index (κ3) is 7.47. The number of fused-ring (bicyclic) bond motifs is 1. The van der Waals surface area contributed by atoms with Crippen molar-refractivity contribution >= 4 is 72.2 Å². The number of nitrogens with one attached hydrogen (secondary N) is 2. The van der Waals surface area contributed by atoms with E-state index in [4.69, 9.17) is 5.73 Å². The third-order valence-corrected chi connectivity index (χ3v) is 8.67. The van der Waals surface area contributed by atoms with Crippen LogP contribution in [0.15, 0.2) is 104 Å². The molecule has 14 nitrogen and oxygen atoms in total. The third-order valence-electron chi connectivity index (χ3n) is 6.95. The van der Waals surface area contributed by atoms with E-state index in [0.29, 0.717) is 39.4 Å². The molecule has 0 atom stereocenters. The molecule has 4 aromatic carbocycles. The van der Waals surface area contributed by atoms with E-state index in [-0.39, 0.29) is 21.7 Å². The number of ketones is 1. The van der Waals surface area contributed by atoms with Crippen LogP contribution in [0.4, 0.5) is 28.4 Å². The standard InChI is InChI=1S/C31H26N6O8S2/c1-17-12-23(34-35-27-11-8-24(13-18(27)2)46(40,41)42)7-10-26(17)36-37-29-28(47(43,44)45)16-20-15-22(6-9-25(20)30(29)38)33-31(39)19-4-3-5-21(32)14-19/h3-16,36H,32H2,1-2H3,(H,33,39)(H,40,41,42)(H,43,44,45). The number of Topliss-reactive ketones (excluding diaryl/α,β-unsaturated/α-hetero) is 1. The molecule has 6 N–H and O–H groups in total. The molecule has 0 radical (unpaired) electrons. The van der Waals surface area contributed by atoms with E-state index in [1.807, 2.05) is 0 Å². The van der Waals surface area contributed by atoms with Gasteiger partial charge in [0, 0.05) is 22.5 Å². The highest BCUT2D eigenvalue weighted by atomic mass is 32.2. The van der Waals surface area contributed by atoms with Gasteiger partial charge in [0.15, 0.2) is 5.71 Å². The quantitative estimate of drug-likeness (QED) is 0.0663. The first-order valence-electron chi connectivity index (χ1n) is 13.6. The van der Waals surface area contributed by atoms with Crippen molar-refractivity contribution in [1.29, 1.82) is 0 Å². The highest BCUT2D eigenvalue weighted by Gasteiger charge is 2.33. The predicted molar refractivity (Wildman–Crippen MR) is 177 cm³/mol. The normalized spacial score (nSPS) is 14.2. The fourth-order valence-electron chi connectivity index (χ4n) is 4.57. The highest BCUT2D eigenvalue weighted by Crippen LogP contribution is 2.30. The van der Waals surface area contributed by atoms with Crippen LogP contribution in [-0.4, -0.2) is 43.3 Å². The first kappa shape index (κ1) is 32.8. The second-order valence-electron chi connectivity index (χ2n) is 10.4. The number of anilines is 3. The monoisotopic (exact) mass is 674 g/mol. The zero-order valence-electron chi connectivity index (χ0n) is 24.7. The maximum absolute atomic E-state index is 13.4. The Morgan fingerprint density at radius 1 is 0.830 bits per heavy atom. The molecule has 0 saturated carbocycles. The molecule has 0 heterocycles. The Morgan fingerprint density at radius 2 is 1.60 bits per heavy atom. The number of hydrogen-bond donors (Lipinski definition) is 5. The molecule has 0 fully saturated rings. The van der Waals surface area contributed by atoms with Crippen molar-refractivity contribution in [2.45, 2.75) is 18.7 Å². The van der Waals surface area contributed by atoms with Crippen LogP contribution in [0.25, 0.3) is 6.08 Å². The Kier molecular flexibility index (Phi) is 8.86. The second-order valence-corrected chi connectivity index (χ2v) is 13.2. The van der Waals surface area contributed by atoms with Crippen LogP contribution >= 0.6 is 0 Å². The molecular weight excluding hydrogens is 649 g/mol. The number of azo groups is 1. The largest absolute Gasteiger partial charge is 0.399 e. The van der Waals surface area contributed by atoms with Crippen LogP contribution in [0.5, 0.6) is 0 Å². The summed E-state index contributed by atoms with van der Waals surface area (Å²) in [5.74, 6) is -1.26. The van der Waals surface area contributed by atoms with Crippen LogP contribution in [0.3, 0.4) is 0 Å². The van der Waals surface area contributed by atoms with Crippen molar-refractivity contribution in [2.75, 3.05) is 16.5 Å². The summed E-state index contributed by atoms with van der Waals surface area (Å²) in [5.41, 5.74) is 11.3. The minimum Gasteiger partial charge on any atom is -0.399 e. The Balaban J connectivity index is 1.37. The van der Waals surface area contributed by atoms with Crippen LogP contribution < -0.4 is 16.5 Å². The lowest BCUT2D eigenvalue weighted by molar-refractivity contribution is 0.102. The van der Waals surface area contributed by atoms with Crippen LogP contribution in [0.2, 0.25) is 0 Å². The van der Waals surface area contributed by atoms with Crippen LogP contribution in [-0.2, 0) is 20.2 Å². The summed E-state index contributed by atoms with van der Waals surface area (Å²) in [6, 6.07) is 19.2. The first-order valence-corrected chi connectivity index (χ1v) is 16.5. The van der Waals surface area contributed by atoms with Crippen LogP contribution in [0, 0.1) is 13.8 Å². The van der Waals surface area contributed by atoms with Crippen molar-refractivity contribution in [3.8, 4) is 0 Å². The summed E-state index contributed by atoms with van der Waals surface area (Å²) < 4.78 is 66.5. The van der Waals surface area contributed by atoms with E-state index in [1.165, 1.54) is 42.5 Å². The van der Waals surface area contributed by atoms with E-state index in [9.17, 15) is 35.5 Å². The number of amides is 1. The van der Waals surface area contributed by atoms with E-state index >= 15 is 0 Å². The molecular formula is C31H26N6O8S2. The Labute approximate surface area is 269 Å². The molecule has 240 valence electrons. The molecule has 16 heteroatoms. The van der Waals surface area contributed by atoms with Gasteiger partial charge in [0.2, 0.25) is 5.78 Å². The molecule has 1 aliphatic rings. The minimum atomic E-state index is -4.91. The number of rotatable bonds is 8. The summed E-state index contributed by atoms with van der Waals surface area (Å²) in [7, 11) is -9.27. The number of hydrazone groups is 1. The van der Waals surface area contributed by atoms with Crippen molar-refractivity contribution in [3.05, 3.63) is 112 Å². The summed E-state index contributed by atoms with van der Waals surface area (Å²) in [6.45, 7) is 3.31. The molecule has 0 spiro atoms. The first-order chi connectivity index (χ1) is 22.1. The molecule has 5 rings (SSSR count). The fourth-order valence-corrected chi connectivity index (χ4v) is 5.79. The zero-order chi connectivity index (χ0) is 34.1. The van der Waals surface area contributed by atoms with Gasteiger partial charge in [0.1, 0.15) is 4.91 Å². The molecule has 0 aromatic heterocycles. The summed E-state index contributed by atoms with van der Waals surface area (Å²) >= 11 is 0. The number of aryl methyl sites for hydroxylation is 2. The number of nitrogens with two attached hydrogens (primary N) is 1. The van der Waals surface area contributed by atoms with Crippen LogP contribution in [0.1, 0.15) is 37.4 Å². The van der Waals surface area contributed by atoms with Gasteiger partial charge in [-0.1, -0.05) is 6.07 Å². The van der Waals surface area contributed by atoms with Gasteiger partial charge < -0.3 is 11.1 Å². The lowest BCUT2D eigenvalue weighted by Crippen LogP contribution is -2.27. The highest BCUT2D eigenvalue weighted by molar-refractivity contribution is 7.91. The number of hydrogen-bond acceptors (Lipinski definition) is 11. The van der Waals surface area contributed by atoms with Crippen molar-refractivity contribution in [1.82, 2.24) is 0 Å². The molecule has 0 aliphatic heterocycles. The van der Waals surface area contributed by atoms with E-state index in [2.05, 4.69) is 26.1 Å². The smallest absolute Gasteiger partial charge is 0.296 e. The minimum absolute atomic E-state index is 0.0901. The van der Waals surface area contributed by atoms with Crippen molar-refractivity contribution < 1.29 is 35.5 Å². The van der Waals surface area contributed by atoms with E-state index in [0.717, 1.165) is 6.08 Å². The van der Waals surface area contributed by atoms with Gasteiger partial charge in [-0.25, -0.2) is 0 Å². The Morgan fingerprint density at radius 3 is 2.26 bits per heavy atom. The van der Waals surface area contributed by atoms with E-state index < -0.39 is 42.5 Å². The topological polar surface area (TPSA) is 230 Å². The molecule has 0 saturated heterocycles. The van der Waals surface area contributed by atoms with Gasteiger partial charge in [0.05, 0.1) is 22.0 Å². The van der Waals surface area contributed by atoms with Crippen molar-refractivity contribution in [3.63, 3.8) is 0 Å². The van der Waals surface area contributed by atoms with Gasteiger partial charge in [-0.05, 0) is 109 Å². The summed E-state index contributed by atoms with van der Waals surface area (Å²) in [4.78, 5) is 25.0. The Hall–Kier alpha value is -5.55. The maximum Gasteiger partial charge on any atom is 0.296 e.